The quantitative estimate of drug-likeness (QED) is 0.219. The first-order valence-corrected chi connectivity index (χ1v) is 14.8. The molecule has 0 bridgehead atoms. The average Bonchev–Trinajstić information content (AvgIpc) is 3.77. The predicted molar refractivity (Wildman–Crippen MR) is 156 cm³/mol. The topological polar surface area (TPSA) is 177 Å². The second-order valence-corrected chi connectivity index (χ2v) is 12.1. The first-order valence-electron chi connectivity index (χ1n) is 13.3. The Balaban J connectivity index is 0.00000462. The molecule has 12 nitrogen and oxygen atoms in total. The molecule has 0 spiro atoms. The maximum atomic E-state index is 13.7. The van der Waals surface area contributed by atoms with Crippen LogP contribution in [0.15, 0.2) is 47.4 Å². The number of guanidine groups is 1. The summed E-state index contributed by atoms with van der Waals surface area (Å²) in [6, 6.07) is 10.2. The lowest BCUT2D eigenvalue weighted by atomic mass is 10.0. The third kappa shape index (κ3) is 8.08. The zero-order valence-electron chi connectivity index (χ0n) is 22.9. The lowest BCUT2D eigenvalue weighted by Gasteiger charge is -2.37. The molecule has 5 N–H and O–H groups in total. The third-order valence-electron chi connectivity index (χ3n) is 7.59. The van der Waals surface area contributed by atoms with Gasteiger partial charge in [-0.1, -0.05) is 30.3 Å². The number of nitrogens with two attached hydrogens (primary N) is 1. The van der Waals surface area contributed by atoms with Crippen LogP contribution >= 0.6 is 12.4 Å². The summed E-state index contributed by atoms with van der Waals surface area (Å²) in [4.78, 5) is 42.9. The lowest BCUT2D eigenvalue weighted by molar-refractivity contribution is -0.142. The number of hydrogen-bond donors (Lipinski definition) is 4. The molecule has 2 aromatic rings. The maximum Gasteiger partial charge on any atom is 0.305 e. The van der Waals surface area contributed by atoms with Gasteiger partial charge < -0.3 is 25.5 Å². The van der Waals surface area contributed by atoms with E-state index >= 15 is 0 Å². The Labute approximate surface area is 245 Å². The van der Waals surface area contributed by atoms with Gasteiger partial charge in [0.1, 0.15) is 6.04 Å². The molecule has 1 aliphatic heterocycles. The highest BCUT2D eigenvalue weighted by atomic mass is 35.5. The highest BCUT2D eigenvalue weighted by Crippen LogP contribution is 2.29. The monoisotopic (exact) mass is 608 g/mol. The molecule has 1 heterocycles. The van der Waals surface area contributed by atoms with E-state index in [1.54, 1.807) is 30.1 Å². The molecule has 14 heteroatoms. The van der Waals surface area contributed by atoms with Crippen LogP contribution in [0.4, 0.5) is 0 Å². The molecule has 2 aromatic carbocycles. The van der Waals surface area contributed by atoms with Crippen LogP contribution in [0.25, 0.3) is 10.8 Å². The average molecular weight is 609 g/mol. The van der Waals surface area contributed by atoms with E-state index in [2.05, 4.69) is 4.72 Å². The molecule has 4 rings (SSSR count). The summed E-state index contributed by atoms with van der Waals surface area (Å²) >= 11 is 0. The SMILES string of the molecule is CN(C(=O)C[C@H](NS(=O)(=O)c1ccc2ccccc2c1)C(=O)N(CCC(=O)O)C1CC1)C1CCN(C(=N)N)CC1.Cl. The molecule has 1 saturated heterocycles. The molecular weight excluding hydrogens is 572 g/mol. The van der Waals surface area contributed by atoms with Crippen LogP contribution in [0.2, 0.25) is 0 Å². The summed E-state index contributed by atoms with van der Waals surface area (Å²) in [6.45, 7) is 0.957. The van der Waals surface area contributed by atoms with Crippen molar-refractivity contribution in [1.29, 1.82) is 5.41 Å². The molecule has 0 radical (unpaired) electrons. The van der Waals surface area contributed by atoms with Crippen molar-refractivity contribution in [3.8, 4) is 0 Å². The zero-order valence-corrected chi connectivity index (χ0v) is 24.5. The van der Waals surface area contributed by atoms with Gasteiger partial charge >= 0.3 is 5.97 Å². The van der Waals surface area contributed by atoms with Crippen LogP contribution in [-0.4, -0.2) is 96.8 Å². The van der Waals surface area contributed by atoms with Gasteiger partial charge in [0.2, 0.25) is 21.8 Å². The minimum absolute atomic E-state index is 0. The fourth-order valence-electron chi connectivity index (χ4n) is 5.06. The number of benzene rings is 2. The summed E-state index contributed by atoms with van der Waals surface area (Å²) in [5.74, 6) is -2.11. The Kier molecular flexibility index (Phi) is 10.6. The van der Waals surface area contributed by atoms with Gasteiger partial charge in [0, 0.05) is 38.8 Å². The Bertz CT molecular complexity index is 1390. The van der Waals surface area contributed by atoms with Crippen molar-refractivity contribution >= 4 is 56.9 Å². The first kappa shape index (κ1) is 32.1. The number of fused-ring (bicyclic) bond motifs is 1. The normalized spacial score (nSPS) is 16.5. The second-order valence-electron chi connectivity index (χ2n) is 10.4. The van der Waals surface area contributed by atoms with E-state index < -0.39 is 40.3 Å². The van der Waals surface area contributed by atoms with E-state index in [1.165, 1.54) is 21.9 Å². The van der Waals surface area contributed by atoms with Crippen molar-refractivity contribution < 1.29 is 27.9 Å². The van der Waals surface area contributed by atoms with E-state index in [9.17, 15) is 27.9 Å². The Morgan fingerprint density at radius 3 is 2.29 bits per heavy atom. The Morgan fingerprint density at radius 2 is 1.71 bits per heavy atom. The number of carboxylic acids is 1. The molecule has 1 saturated carbocycles. The van der Waals surface area contributed by atoms with Crippen molar-refractivity contribution in [2.45, 2.75) is 61.5 Å². The van der Waals surface area contributed by atoms with Gasteiger partial charge in [-0.3, -0.25) is 19.8 Å². The van der Waals surface area contributed by atoms with Gasteiger partial charge in [-0.15, -0.1) is 12.4 Å². The van der Waals surface area contributed by atoms with Crippen molar-refractivity contribution in [2.24, 2.45) is 5.73 Å². The molecule has 2 aliphatic rings. The maximum absolute atomic E-state index is 13.7. The van der Waals surface area contributed by atoms with Crippen LogP contribution in [-0.2, 0) is 24.4 Å². The van der Waals surface area contributed by atoms with Crippen molar-refractivity contribution in [3.05, 3.63) is 42.5 Å². The van der Waals surface area contributed by atoms with Crippen LogP contribution in [0.1, 0.15) is 38.5 Å². The van der Waals surface area contributed by atoms with Gasteiger partial charge in [-0.25, -0.2) is 8.42 Å². The number of rotatable bonds is 11. The van der Waals surface area contributed by atoms with Gasteiger partial charge in [-0.2, -0.15) is 4.72 Å². The standard InChI is InChI=1S/C27H36N6O6S.ClH/c1-31(20-10-13-32(14-11-20)27(28)29)24(34)17-23(26(37)33(21-7-8-21)15-12-25(35)36)30-40(38,39)22-9-6-18-4-2-3-5-19(18)16-22;/h2-6,9,16,20-21,23,30H,7-8,10-15,17H2,1H3,(H3,28,29)(H,35,36);1H/t23-;/m0./s1. The van der Waals surface area contributed by atoms with Crippen LogP contribution in [0.3, 0.4) is 0 Å². The number of halogens is 1. The van der Waals surface area contributed by atoms with E-state index in [1.807, 2.05) is 12.1 Å². The molecule has 224 valence electrons. The van der Waals surface area contributed by atoms with Gasteiger partial charge in [0.25, 0.3) is 0 Å². The third-order valence-corrected chi connectivity index (χ3v) is 9.06. The van der Waals surface area contributed by atoms with Crippen LogP contribution in [0, 0.1) is 5.41 Å². The molecule has 2 fully saturated rings. The number of nitrogens with zero attached hydrogens (tertiary/aromatic N) is 3. The summed E-state index contributed by atoms with van der Waals surface area (Å²) in [5, 5.41) is 18.4. The van der Waals surface area contributed by atoms with Gasteiger partial charge in [0.05, 0.1) is 17.7 Å². The molecule has 41 heavy (non-hydrogen) atoms. The van der Waals surface area contributed by atoms with E-state index in [0.717, 1.165) is 5.39 Å². The number of nitrogens with one attached hydrogen (secondary N) is 2. The van der Waals surface area contributed by atoms with Crippen molar-refractivity contribution in [1.82, 2.24) is 19.4 Å². The fourth-order valence-corrected chi connectivity index (χ4v) is 6.28. The summed E-state index contributed by atoms with van der Waals surface area (Å²) in [5.41, 5.74) is 5.57. The van der Waals surface area contributed by atoms with Gasteiger partial charge in [-0.05, 0) is 48.6 Å². The minimum Gasteiger partial charge on any atom is -0.481 e. The molecule has 0 aromatic heterocycles. The highest BCUT2D eigenvalue weighted by Gasteiger charge is 2.39. The van der Waals surface area contributed by atoms with Gasteiger partial charge in [0.15, 0.2) is 5.96 Å². The van der Waals surface area contributed by atoms with E-state index in [4.69, 9.17) is 11.1 Å². The van der Waals surface area contributed by atoms with Crippen molar-refractivity contribution in [3.63, 3.8) is 0 Å². The minimum atomic E-state index is -4.21. The number of hydrogen-bond acceptors (Lipinski definition) is 6. The number of carbonyl (C=O) groups is 3. The summed E-state index contributed by atoms with van der Waals surface area (Å²) < 4.78 is 29.4. The fraction of sp³-hybridized carbons (Fsp3) is 0.481. The number of carboxylic acid groups (broad SMARTS) is 1. The number of amides is 2. The number of aliphatic carboxylic acids is 1. The number of piperidine rings is 1. The Hall–Kier alpha value is -3.42. The largest absolute Gasteiger partial charge is 0.481 e. The van der Waals surface area contributed by atoms with E-state index in [0.29, 0.717) is 44.2 Å². The molecule has 0 unspecified atom stereocenters. The van der Waals surface area contributed by atoms with Crippen LogP contribution < -0.4 is 10.5 Å². The molecule has 1 aliphatic carbocycles. The van der Waals surface area contributed by atoms with Crippen LogP contribution in [0.5, 0.6) is 0 Å². The first-order chi connectivity index (χ1) is 19.0. The summed E-state index contributed by atoms with van der Waals surface area (Å²) in [6.07, 6.45) is 1.85. The molecule has 1 atom stereocenters. The number of likely N-dealkylation sites (tertiary alicyclic amines) is 1. The second kappa shape index (κ2) is 13.5. The predicted octanol–water partition coefficient (Wildman–Crippen LogP) is 1.58. The summed E-state index contributed by atoms with van der Waals surface area (Å²) in [7, 11) is -2.58. The smallest absolute Gasteiger partial charge is 0.305 e. The van der Waals surface area contributed by atoms with Crippen molar-refractivity contribution in [2.75, 3.05) is 26.7 Å². The molecule has 2 amide bonds. The van der Waals surface area contributed by atoms with E-state index in [-0.39, 0.29) is 48.3 Å². The Morgan fingerprint density at radius 1 is 1.07 bits per heavy atom. The molecular formula is C27H37ClN6O6S. The lowest BCUT2D eigenvalue weighted by Crippen LogP contribution is -2.53. The highest BCUT2D eigenvalue weighted by molar-refractivity contribution is 7.89. The number of sulfonamides is 1. The zero-order chi connectivity index (χ0) is 29.0. The number of carbonyl (C=O) groups excluding carboxylic acids is 2.